The number of ether oxygens (including phenoxy) is 1. The molecule has 1 aliphatic heterocycles. The highest BCUT2D eigenvalue weighted by Crippen LogP contribution is 2.22. The Hall–Kier alpha value is -2.18. The minimum absolute atomic E-state index is 0.0536. The van der Waals surface area contributed by atoms with Gasteiger partial charge in [0.25, 0.3) is 0 Å². The summed E-state index contributed by atoms with van der Waals surface area (Å²) in [6.45, 7) is 3.51. The SMILES string of the molecule is CCCCNc1nc(N)ncc1OCC1=NCCC=C1F. The van der Waals surface area contributed by atoms with Crippen LogP contribution in [0, 0.1) is 0 Å². The van der Waals surface area contributed by atoms with Gasteiger partial charge in [0.05, 0.1) is 6.20 Å². The molecule has 0 fully saturated rings. The first-order valence-electron chi connectivity index (χ1n) is 7.09. The van der Waals surface area contributed by atoms with Crippen LogP contribution >= 0.6 is 0 Å². The third kappa shape index (κ3) is 4.40. The zero-order chi connectivity index (χ0) is 15.1. The van der Waals surface area contributed by atoms with Crippen molar-refractivity contribution in [1.82, 2.24) is 9.97 Å². The van der Waals surface area contributed by atoms with E-state index in [1.54, 1.807) is 0 Å². The van der Waals surface area contributed by atoms with Gasteiger partial charge in [0.1, 0.15) is 18.1 Å². The lowest BCUT2D eigenvalue weighted by Crippen LogP contribution is -2.17. The van der Waals surface area contributed by atoms with E-state index in [9.17, 15) is 4.39 Å². The van der Waals surface area contributed by atoms with Gasteiger partial charge in [0.2, 0.25) is 5.95 Å². The third-order valence-corrected chi connectivity index (χ3v) is 2.99. The van der Waals surface area contributed by atoms with Crippen LogP contribution in [0.15, 0.2) is 23.1 Å². The Morgan fingerprint density at radius 1 is 1.48 bits per heavy atom. The molecule has 7 heteroatoms. The van der Waals surface area contributed by atoms with Gasteiger partial charge in [-0.15, -0.1) is 0 Å². The van der Waals surface area contributed by atoms with Gasteiger partial charge in [-0.1, -0.05) is 13.3 Å². The molecule has 0 aliphatic carbocycles. The highest BCUT2D eigenvalue weighted by atomic mass is 19.1. The number of aliphatic imine (C=N–C) groups is 1. The third-order valence-electron chi connectivity index (χ3n) is 2.99. The van der Waals surface area contributed by atoms with E-state index in [0.717, 1.165) is 19.4 Å². The molecule has 6 nitrogen and oxygen atoms in total. The van der Waals surface area contributed by atoms with Crippen molar-refractivity contribution in [2.24, 2.45) is 4.99 Å². The van der Waals surface area contributed by atoms with Crippen LogP contribution in [-0.4, -0.2) is 35.4 Å². The molecule has 0 saturated heterocycles. The molecule has 1 aliphatic rings. The van der Waals surface area contributed by atoms with Crippen LogP contribution in [0.1, 0.15) is 26.2 Å². The molecule has 2 rings (SSSR count). The van der Waals surface area contributed by atoms with E-state index in [1.165, 1.54) is 12.3 Å². The number of unbranched alkanes of at least 4 members (excludes halogenated alkanes) is 1. The molecule has 0 radical (unpaired) electrons. The van der Waals surface area contributed by atoms with E-state index < -0.39 is 0 Å². The number of aromatic nitrogens is 2. The molecular weight excluding hydrogens is 273 g/mol. The number of nitrogen functional groups attached to an aromatic ring is 1. The molecule has 0 saturated carbocycles. The lowest BCUT2D eigenvalue weighted by atomic mass is 10.2. The highest BCUT2D eigenvalue weighted by Gasteiger charge is 2.13. The number of dihydropyridines is 1. The van der Waals surface area contributed by atoms with Crippen molar-refractivity contribution in [3.63, 3.8) is 0 Å². The number of rotatable bonds is 7. The van der Waals surface area contributed by atoms with Crippen LogP contribution < -0.4 is 15.8 Å². The van der Waals surface area contributed by atoms with Gasteiger partial charge >= 0.3 is 0 Å². The fraction of sp³-hybridized carbons (Fsp3) is 0.500. The molecule has 0 unspecified atom stereocenters. The van der Waals surface area contributed by atoms with Crippen LogP contribution in [0.5, 0.6) is 5.75 Å². The van der Waals surface area contributed by atoms with Crippen LogP contribution in [-0.2, 0) is 0 Å². The Labute approximate surface area is 123 Å². The first-order valence-corrected chi connectivity index (χ1v) is 7.09. The monoisotopic (exact) mass is 293 g/mol. The normalized spacial score (nSPS) is 14.4. The topological polar surface area (TPSA) is 85.4 Å². The fourth-order valence-corrected chi connectivity index (χ4v) is 1.85. The van der Waals surface area contributed by atoms with Gasteiger partial charge in [-0.05, 0) is 18.9 Å². The second-order valence-corrected chi connectivity index (χ2v) is 4.68. The number of halogens is 1. The summed E-state index contributed by atoms with van der Waals surface area (Å²) in [6.07, 6.45) is 5.71. The summed E-state index contributed by atoms with van der Waals surface area (Å²) >= 11 is 0. The smallest absolute Gasteiger partial charge is 0.222 e. The van der Waals surface area contributed by atoms with E-state index in [2.05, 4.69) is 27.2 Å². The standard InChI is InChI=1S/C14H20FN5O/c1-2-3-6-18-13-12(8-19-14(16)20-13)21-9-11-10(15)5-4-7-17-11/h5,8H,2-4,6-7,9H2,1H3,(H3,16,18,19,20). The van der Waals surface area contributed by atoms with Gasteiger partial charge in [-0.25, -0.2) is 9.37 Å². The van der Waals surface area contributed by atoms with E-state index in [0.29, 0.717) is 30.2 Å². The molecule has 0 atom stereocenters. The van der Waals surface area contributed by atoms with Crippen LogP contribution in [0.2, 0.25) is 0 Å². The second-order valence-electron chi connectivity index (χ2n) is 4.68. The Morgan fingerprint density at radius 2 is 2.33 bits per heavy atom. The second kappa shape index (κ2) is 7.56. The maximum atomic E-state index is 13.5. The molecule has 0 bridgehead atoms. The number of hydrogen-bond donors (Lipinski definition) is 2. The quantitative estimate of drug-likeness (QED) is 0.754. The molecular formula is C14H20FN5O. The molecule has 21 heavy (non-hydrogen) atoms. The zero-order valence-corrected chi connectivity index (χ0v) is 12.1. The number of anilines is 2. The van der Waals surface area contributed by atoms with E-state index in [-0.39, 0.29) is 18.4 Å². The average molecular weight is 293 g/mol. The first-order chi connectivity index (χ1) is 10.2. The first kappa shape index (κ1) is 15.2. The van der Waals surface area contributed by atoms with Crippen molar-refractivity contribution in [3.05, 3.63) is 18.1 Å². The summed E-state index contributed by atoms with van der Waals surface area (Å²) in [5.41, 5.74) is 5.90. The van der Waals surface area contributed by atoms with Gasteiger partial charge in [0.15, 0.2) is 11.6 Å². The highest BCUT2D eigenvalue weighted by molar-refractivity contribution is 5.99. The molecule has 0 amide bonds. The molecule has 114 valence electrons. The summed E-state index contributed by atoms with van der Waals surface area (Å²) in [7, 11) is 0. The van der Waals surface area contributed by atoms with E-state index in [4.69, 9.17) is 10.5 Å². The van der Waals surface area contributed by atoms with Gasteiger partial charge in [0, 0.05) is 13.1 Å². The van der Waals surface area contributed by atoms with Crippen molar-refractivity contribution in [3.8, 4) is 5.75 Å². The number of nitrogens with two attached hydrogens (primary N) is 1. The minimum Gasteiger partial charge on any atom is -0.482 e. The Balaban J connectivity index is 2.01. The average Bonchev–Trinajstić information content (AvgIpc) is 2.48. The zero-order valence-electron chi connectivity index (χ0n) is 12.1. The van der Waals surface area contributed by atoms with Crippen molar-refractivity contribution < 1.29 is 9.13 Å². The van der Waals surface area contributed by atoms with Crippen LogP contribution in [0.3, 0.4) is 0 Å². The summed E-state index contributed by atoms with van der Waals surface area (Å²) in [5.74, 6) is 0.818. The minimum atomic E-state index is -0.321. The summed E-state index contributed by atoms with van der Waals surface area (Å²) < 4.78 is 19.1. The number of nitrogens with one attached hydrogen (secondary N) is 1. The van der Waals surface area contributed by atoms with Gasteiger partial charge in [-0.2, -0.15) is 4.98 Å². The molecule has 2 heterocycles. The fourth-order valence-electron chi connectivity index (χ4n) is 1.85. The van der Waals surface area contributed by atoms with Crippen molar-refractivity contribution >= 4 is 17.5 Å². The molecule has 1 aromatic heterocycles. The molecule has 0 spiro atoms. The van der Waals surface area contributed by atoms with Crippen LogP contribution in [0.4, 0.5) is 16.2 Å². The molecule has 1 aromatic rings. The maximum Gasteiger partial charge on any atom is 0.222 e. The lowest BCUT2D eigenvalue weighted by Gasteiger charge is -2.14. The Kier molecular flexibility index (Phi) is 5.48. The Bertz CT molecular complexity index is 544. The number of hydrogen-bond acceptors (Lipinski definition) is 6. The summed E-state index contributed by atoms with van der Waals surface area (Å²) in [5, 5.41) is 3.15. The van der Waals surface area contributed by atoms with E-state index in [1.807, 2.05) is 0 Å². The molecule has 3 N–H and O–H groups in total. The van der Waals surface area contributed by atoms with Crippen molar-refractivity contribution in [2.45, 2.75) is 26.2 Å². The predicted octanol–water partition coefficient (Wildman–Crippen LogP) is 2.35. The molecule has 0 aromatic carbocycles. The van der Waals surface area contributed by atoms with Gasteiger partial charge in [-0.3, -0.25) is 4.99 Å². The Morgan fingerprint density at radius 3 is 3.10 bits per heavy atom. The van der Waals surface area contributed by atoms with Crippen LogP contribution in [0.25, 0.3) is 0 Å². The lowest BCUT2D eigenvalue weighted by molar-refractivity contribution is 0.372. The number of nitrogens with zero attached hydrogens (tertiary/aromatic N) is 3. The van der Waals surface area contributed by atoms with Crippen molar-refractivity contribution in [1.29, 1.82) is 0 Å². The summed E-state index contributed by atoms with van der Waals surface area (Å²) in [6, 6.07) is 0. The maximum absolute atomic E-state index is 13.5. The van der Waals surface area contributed by atoms with Gasteiger partial charge < -0.3 is 15.8 Å². The van der Waals surface area contributed by atoms with Crippen molar-refractivity contribution in [2.75, 3.05) is 30.7 Å². The predicted molar refractivity (Wildman–Crippen MR) is 81.4 cm³/mol. The summed E-state index contributed by atoms with van der Waals surface area (Å²) in [4.78, 5) is 12.1. The largest absolute Gasteiger partial charge is 0.482 e. The van der Waals surface area contributed by atoms with E-state index >= 15 is 0 Å².